The zero-order valence-electron chi connectivity index (χ0n) is 30.6. The number of alkyl halides is 1. The quantitative estimate of drug-likeness (QED) is 0.0770. The first-order valence-electron chi connectivity index (χ1n) is 17.1. The summed E-state index contributed by atoms with van der Waals surface area (Å²) < 4.78 is 12.7. The minimum Gasteiger partial charge on any atom is -0.460 e. The summed E-state index contributed by atoms with van der Waals surface area (Å²) in [4.78, 5) is 49.8. The number of aryl methyl sites for hydroxylation is 4. The summed E-state index contributed by atoms with van der Waals surface area (Å²) in [7, 11) is 0. The van der Waals surface area contributed by atoms with Crippen molar-refractivity contribution < 1.29 is 33.8 Å². The van der Waals surface area contributed by atoms with Crippen LogP contribution in [0, 0.1) is 13.8 Å². The van der Waals surface area contributed by atoms with Gasteiger partial charge in [0.15, 0.2) is 11.6 Å². The Morgan fingerprint density at radius 1 is 0.640 bits per heavy atom. The van der Waals surface area contributed by atoms with Crippen molar-refractivity contribution >= 4 is 82.3 Å². The normalized spacial score (nSPS) is 11.7. The maximum atomic E-state index is 12.4. The number of carbonyl (C=O) groups is 4. The number of aliphatic hydroxyl groups excluding tert-OH is 1. The van der Waals surface area contributed by atoms with Gasteiger partial charge in [-0.3, -0.25) is 19.2 Å². The van der Waals surface area contributed by atoms with Gasteiger partial charge in [-0.15, -0.1) is 22.7 Å². The van der Waals surface area contributed by atoms with E-state index in [1.807, 2.05) is 60.6 Å². The Labute approximate surface area is 312 Å². The molecule has 7 nitrogen and oxygen atoms in total. The predicted molar refractivity (Wildman–Crippen MR) is 209 cm³/mol. The van der Waals surface area contributed by atoms with Crippen molar-refractivity contribution in [3.63, 3.8) is 0 Å². The van der Waals surface area contributed by atoms with Crippen LogP contribution in [0.5, 0.6) is 0 Å². The van der Waals surface area contributed by atoms with Crippen LogP contribution >= 0.6 is 38.6 Å². The van der Waals surface area contributed by atoms with Crippen LogP contribution in [0.4, 0.5) is 0 Å². The van der Waals surface area contributed by atoms with Gasteiger partial charge >= 0.3 is 11.9 Å². The van der Waals surface area contributed by atoms with Crippen molar-refractivity contribution in [2.24, 2.45) is 0 Å². The lowest BCUT2D eigenvalue weighted by Crippen LogP contribution is -2.24. The lowest BCUT2D eigenvalue weighted by atomic mass is 10.0. The second-order valence-corrected chi connectivity index (χ2v) is 17.5. The minimum atomic E-state index is -0.528. The summed E-state index contributed by atoms with van der Waals surface area (Å²) in [5.74, 6) is -0.688. The highest BCUT2D eigenvalue weighted by Gasteiger charge is 2.20. The van der Waals surface area contributed by atoms with Crippen molar-refractivity contribution in [3.8, 4) is 0 Å². The first-order valence-corrected chi connectivity index (χ1v) is 19.9. The Morgan fingerprint density at radius 3 is 1.40 bits per heavy atom. The van der Waals surface area contributed by atoms with Crippen LogP contribution < -0.4 is 0 Å². The summed E-state index contributed by atoms with van der Waals surface area (Å²) in [6.07, 6.45) is 4.28. The molecule has 2 aromatic heterocycles. The van der Waals surface area contributed by atoms with Gasteiger partial charge in [0, 0.05) is 34.2 Å². The fourth-order valence-electron chi connectivity index (χ4n) is 5.29. The molecule has 1 N–H and O–H groups in total. The number of fused-ring (bicyclic) bond motifs is 2. The first kappa shape index (κ1) is 41.5. The monoisotopic (exact) mass is 786 g/mol. The van der Waals surface area contributed by atoms with E-state index < -0.39 is 11.2 Å². The van der Waals surface area contributed by atoms with Gasteiger partial charge in [0.25, 0.3) is 0 Å². The number of thiophene rings is 2. The summed E-state index contributed by atoms with van der Waals surface area (Å²) in [5, 5.41) is 12.1. The molecule has 0 amide bonds. The maximum absolute atomic E-state index is 12.4. The van der Waals surface area contributed by atoms with Gasteiger partial charge in [0.2, 0.25) is 0 Å². The van der Waals surface area contributed by atoms with Crippen molar-refractivity contribution in [1.82, 2.24) is 0 Å². The smallest absolute Gasteiger partial charge is 0.306 e. The molecule has 0 radical (unpaired) electrons. The number of halogens is 1. The van der Waals surface area contributed by atoms with Gasteiger partial charge in [-0.1, -0.05) is 28.1 Å². The molecule has 0 unspecified atom stereocenters. The van der Waals surface area contributed by atoms with Crippen LogP contribution in [-0.2, 0) is 31.9 Å². The lowest BCUT2D eigenvalue weighted by Gasteiger charge is -2.19. The van der Waals surface area contributed by atoms with Gasteiger partial charge in [0.05, 0.1) is 22.6 Å². The van der Waals surface area contributed by atoms with Crippen LogP contribution in [0.25, 0.3) is 20.2 Å². The fraction of sp³-hybridized carbons (Fsp3) is 0.500. The molecular formula is C40H51BrO7S2. The highest BCUT2D eigenvalue weighted by Crippen LogP contribution is 2.31. The molecule has 0 fully saturated rings. The molecule has 4 rings (SSSR count). The summed E-state index contributed by atoms with van der Waals surface area (Å²) in [5.41, 5.74) is 3.93. The number of ketones is 2. The second kappa shape index (κ2) is 18.5. The van der Waals surface area contributed by atoms with Gasteiger partial charge in [-0.25, -0.2) is 0 Å². The minimum absolute atomic E-state index is 0.00622. The van der Waals surface area contributed by atoms with E-state index in [9.17, 15) is 19.2 Å². The van der Waals surface area contributed by atoms with Crippen LogP contribution in [0.15, 0.2) is 36.4 Å². The molecule has 0 bridgehead atoms. The zero-order chi connectivity index (χ0) is 37.2. The maximum Gasteiger partial charge on any atom is 0.306 e. The SMILES string of the molecule is Cc1cc2cc(C(=O)CCC(=O)OC(C)(C)C)sc2cc1CCCBr.Cc1cc2cc(C(=O)CCC(=O)OC(C)(C)C)sc2cc1CCCO. The van der Waals surface area contributed by atoms with E-state index in [-0.39, 0.29) is 55.8 Å². The van der Waals surface area contributed by atoms with Crippen molar-refractivity contribution in [2.45, 2.75) is 118 Å². The number of rotatable bonds is 14. The molecule has 0 saturated heterocycles. The molecule has 0 aliphatic rings. The molecule has 10 heteroatoms. The number of carbonyl (C=O) groups excluding carboxylic acids is 4. The fourth-order valence-corrected chi connectivity index (χ4v) is 7.72. The third kappa shape index (κ3) is 13.3. The molecule has 272 valence electrons. The molecule has 0 aliphatic carbocycles. The number of benzene rings is 2. The second-order valence-electron chi connectivity index (χ2n) is 14.5. The molecule has 0 spiro atoms. The number of ether oxygens (including phenoxy) is 2. The molecule has 2 heterocycles. The Morgan fingerprint density at radius 2 is 1.04 bits per heavy atom. The van der Waals surface area contributed by atoms with Crippen LogP contribution in [-0.4, -0.2) is 51.8 Å². The van der Waals surface area contributed by atoms with Crippen molar-refractivity contribution in [2.75, 3.05) is 11.9 Å². The molecule has 2 aromatic carbocycles. The van der Waals surface area contributed by atoms with E-state index >= 15 is 0 Å². The molecule has 0 atom stereocenters. The number of Topliss-reactive ketones (excluding diaryl/α,β-unsaturated/α-hetero) is 2. The first-order chi connectivity index (χ1) is 23.4. The standard InChI is InChI=1S/C20H25BrO3S.C20H26O4S/c2*1-13-10-15-12-18(25-17(15)11-14(13)6-5-9-21)16(22)7-8-19(23)24-20(2,3)4/h10-12H,5-9H2,1-4H3;10-12,21H,5-9H2,1-4H3. The average Bonchev–Trinajstić information content (AvgIpc) is 3.62. The molecule has 4 aromatic rings. The lowest BCUT2D eigenvalue weighted by molar-refractivity contribution is -0.155. The number of aliphatic hydroxyl groups is 1. The van der Waals surface area contributed by atoms with Gasteiger partial charge in [-0.2, -0.15) is 0 Å². The molecule has 0 saturated carbocycles. The van der Waals surface area contributed by atoms with Crippen LogP contribution in [0.1, 0.15) is 122 Å². The van der Waals surface area contributed by atoms with E-state index in [0.717, 1.165) is 56.1 Å². The van der Waals surface area contributed by atoms with Gasteiger partial charge in [-0.05, 0) is 138 Å². The van der Waals surface area contributed by atoms with E-state index in [1.165, 1.54) is 44.9 Å². The zero-order valence-corrected chi connectivity index (χ0v) is 33.8. The Balaban J connectivity index is 0.000000270. The van der Waals surface area contributed by atoms with E-state index in [0.29, 0.717) is 4.88 Å². The van der Waals surface area contributed by atoms with Crippen molar-refractivity contribution in [1.29, 1.82) is 0 Å². The number of hydrogen-bond acceptors (Lipinski definition) is 9. The summed E-state index contributed by atoms with van der Waals surface area (Å²) in [6.45, 7) is 15.3. The topological polar surface area (TPSA) is 107 Å². The largest absolute Gasteiger partial charge is 0.460 e. The van der Waals surface area contributed by atoms with E-state index in [2.05, 4.69) is 47.1 Å². The third-order valence-electron chi connectivity index (χ3n) is 7.64. The van der Waals surface area contributed by atoms with Crippen molar-refractivity contribution in [3.05, 3.63) is 68.4 Å². The van der Waals surface area contributed by atoms with E-state index in [1.54, 1.807) is 0 Å². The number of esters is 2. The average molecular weight is 788 g/mol. The van der Waals surface area contributed by atoms with Gasteiger partial charge in [0.1, 0.15) is 11.2 Å². The third-order valence-corrected chi connectivity index (χ3v) is 10.5. The van der Waals surface area contributed by atoms with Crippen LogP contribution in [0.3, 0.4) is 0 Å². The highest BCUT2D eigenvalue weighted by atomic mass is 79.9. The number of hydrogen-bond donors (Lipinski definition) is 1. The predicted octanol–water partition coefficient (Wildman–Crippen LogP) is 10.3. The van der Waals surface area contributed by atoms with Gasteiger partial charge < -0.3 is 14.6 Å². The Bertz CT molecular complexity index is 1670. The Kier molecular flexibility index (Phi) is 15.4. The van der Waals surface area contributed by atoms with Crippen LogP contribution in [0.2, 0.25) is 0 Å². The Hall–Kier alpha value is -2.92. The molecule has 50 heavy (non-hydrogen) atoms. The summed E-state index contributed by atoms with van der Waals surface area (Å²) >= 11 is 6.45. The molecule has 0 aliphatic heterocycles. The highest BCUT2D eigenvalue weighted by molar-refractivity contribution is 9.09. The molecular weight excluding hydrogens is 736 g/mol. The summed E-state index contributed by atoms with van der Waals surface area (Å²) in [6, 6.07) is 12.4. The van der Waals surface area contributed by atoms with E-state index in [4.69, 9.17) is 14.6 Å².